The molecule has 3 heterocycles. The molecule has 0 radical (unpaired) electrons. The van der Waals surface area contributed by atoms with E-state index in [2.05, 4.69) is 18.9 Å². The number of halogens is 1. The van der Waals surface area contributed by atoms with Gasteiger partial charge in [0.05, 0.1) is 11.9 Å². The fraction of sp³-hybridized carbons (Fsp3) is 0.333. The summed E-state index contributed by atoms with van der Waals surface area (Å²) in [6.07, 6.45) is 6.53. The zero-order chi connectivity index (χ0) is 19.0. The molecule has 1 fully saturated rings. The molecular formula is C21H23FN4O. The van der Waals surface area contributed by atoms with Crippen LogP contribution in [0.3, 0.4) is 0 Å². The Labute approximate surface area is 158 Å². The third-order valence-electron chi connectivity index (χ3n) is 5.05. The van der Waals surface area contributed by atoms with Crippen molar-refractivity contribution in [3.63, 3.8) is 0 Å². The molecule has 0 spiro atoms. The number of aromatic nitrogens is 3. The summed E-state index contributed by atoms with van der Waals surface area (Å²) in [6.45, 7) is 5.89. The number of amides is 1. The first-order valence-electron chi connectivity index (χ1n) is 9.29. The van der Waals surface area contributed by atoms with Crippen molar-refractivity contribution in [3.05, 3.63) is 66.4 Å². The van der Waals surface area contributed by atoms with Crippen LogP contribution in [0.5, 0.6) is 0 Å². The minimum Gasteiger partial charge on any atom is -0.338 e. The molecule has 0 N–H and O–H groups in total. The van der Waals surface area contributed by atoms with Crippen LogP contribution in [0.2, 0.25) is 0 Å². The quantitative estimate of drug-likeness (QED) is 0.705. The van der Waals surface area contributed by atoms with Gasteiger partial charge in [-0.2, -0.15) is 5.10 Å². The van der Waals surface area contributed by atoms with Crippen molar-refractivity contribution in [2.24, 2.45) is 11.8 Å². The number of carbonyl (C=O) groups is 1. The van der Waals surface area contributed by atoms with Crippen molar-refractivity contribution < 1.29 is 9.18 Å². The van der Waals surface area contributed by atoms with E-state index in [-0.39, 0.29) is 11.7 Å². The van der Waals surface area contributed by atoms with E-state index in [1.807, 2.05) is 34.0 Å². The fourth-order valence-corrected chi connectivity index (χ4v) is 3.99. The lowest BCUT2D eigenvalue weighted by Crippen LogP contribution is -2.42. The lowest BCUT2D eigenvalue weighted by molar-refractivity contribution is 0.0623. The molecule has 0 bridgehead atoms. The van der Waals surface area contributed by atoms with Crippen LogP contribution < -0.4 is 0 Å². The molecule has 1 aromatic carbocycles. The van der Waals surface area contributed by atoms with Gasteiger partial charge >= 0.3 is 0 Å². The Balaban J connectivity index is 1.77. The third-order valence-corrected chi connectivity index (χ3v) is 5.05. The second-order valence-electron chi connectivity index (χ2n) is 7.52. The van der Waals surface area contributed by atoms with Gasteiger partial charge in [0.25, 0.3) is 5.91 Å². The minimum absolute atomic E-state index is 0.00883. The predicted octanol–water partition coefficient (Wildman–Crippen LogP) is 3.92. The van der Waals surface area contributed by atoms with Crippen molar-refractivity contribution in [3.8, 4) is 11.5 Å². The standard InChI is InChI=1S/C21H23FN4O/c1-15-11-16(2)14-25(13-15)21(27)19-12-23-26(18-7-5-17(22)6-8-18)20(19)24-9-3-4-10-24/h3-10,12,15-16H,11,13-14H2,1-2H3. The van der Waals surface area contributed by atoms with Gasteiger partial charge in [0.15, 0.2) is 5.82 Å². The van der Waals surface area contributed by atoms with E-state index >= 15 is 0 Å². The molecule has 1 amide bonds. The Morgan fingerprint density at radius 1 is 1.07 bits per heavy atom. The van der Waals surface area contributed by atoms with Crippen LogP contribution in [0.4, 0.5) is 4.39 Å². The first-order chi connectivity index (χ1) is 13.0. The van der Waals surface area contributed by atoms with E-state index < -0.39 is 0 Å². The number of piperidine rings is 1. The van der Waals surface area contributed by atoms with Crippen LogP contribution in [0.1, 0.15) is 30.6 Å². The summed E-state index contributed by atoms with van der Waals surface area (Å²) in [5, 5.41) is 4.45. The maximum atomic E-state index is 13.3. The third kappa shape index (κ3) is 3.39. The number of carbonyl (C=O) groups excluding carboxylic acids is 1. The number of benzene rings is 1. The van der Waals surface area contributed by atoms with E-state index in [0.717, 1.165) is 19.5 Å². The number of rotatable bonds is 3. The highest BCUT2D eigenvalue weighted by atomic mass is 19.1. The van der Waals surface area contributed by atoms with Crippen molar-refractivity contribution >= 4 is 5.91 Å². The maximum Gasteiger partial charge on any atom is 0.259 e. The Bertz CT molecular complexity index is 920. The summed E-state index contributed by atoms with van der Waals surface area (Å²) in [5.41, 5.74) is 1.26. The summed E-state index contributed by atoms with van der Waals surface area (Å²) >= 11 is 0. The molecule has 6 heteroatoms. The first-order valence-corrected chi connectivity index (χ1v) is 9.29. The van der Waals surface area contributed by atoms with Crippen molar-refractivity contribution in [2.45, 2.75) is 20.3 Å². The van der Waals surface area contributed by atoms with E-state index in [0.29, 0.717) is 28.9 Å². The summed E-state index contributed by atoms with van der Waals surface area (Å²) < 4.78 is 16.9. The van der Waals surface area contributed by atoms with Crippen LogP contribution in [0.15, 0.2) is 55.0 Å². The maximum absolute atomic E-state index is 13.3. The smallest absolute Gasteiger partial charge is 0.259 e. The van der Waals surface area contributed by atoms with Gasteiger partial charge in [-0.05, 0) is 54.7 Å². The molecule has 1 aliphatic heterocycles. The minimum atomic E-state index is -0.305. The molecule has 1 saturated heterocycles. The summed E-state index contributed by atoms with van der Waals surface area (Å²) in [4.78, 5) is 15.2. The number of nitrogens with zero attached hydrogens (tertiary/aromatic N) is 4. The highest BCUT2D eigenvalue weighted by Crippen LogP contribution is 2.26. The molecule has 5 nitrogen and oxygen atoms in total. The first kappa shape index (κ1) is 17.5. The van der Waals surface area contributed by atoms with Crippen LogP contribution in [0.25, 0.3) is 11.5 Å². The van der Waals surface area contributed by atoms with Gasteiger partial charge in [-0.1, -0.05) is 13.8 Å². The topological polar surface area (TPSA) is 43.1 Å². The van der Waals surface area contributed by atoms with Crippen molar-refractivity contribution in [1.29, 1.82) is 0 Å². The molecule has 2 unspecified atom stereocenters. The molecule has 27 heavy (non-hydrogen) atoms. The molecule has 4 rings (SSSR count). The van der Waals surface area contributed by atoms with E-state index in [9.17, 15) is 9.18 Å². The summed E-state index contributed by atoms with van der Waals surface area (Å²) in [5.74, 6) is 1.33. The van der Waals surface area contributed by atoms with Crippen molar-refractivity contribution in [2.75, 3.05) is 13.1 Å². The molecule has 0 aliphatic carbocycles. The second-order valence-corrected chi connectivity index (χ2v) is 7.52. The van der Waals surface area contributed by atoms with Gasteiger partial charge < -0.3 is 9.47 Å². The normalized spacial score (nSPS) is 20.0. The largest absolute Gasteiger partial charge is 0.338 e. The molecule has 140 valence electrons. The van der Waals surface area contributed by atoms with Gasteiger partial charge in [0.2, 0.25) is 0 Å². The van der Waals surface area contributed by atoms with Crippen LogP contribution in [-0.2, 0) is 0 Å². The summed E-state index contributed by atoms with van der Waals surface area (Å²) in [7, 11) is 0. The monoisotopic (exact) mass is 366 g/mol. The predicted molar refractivity (Wildman–Crippen MR) is 102 cm³/mol. The van der Waals surface area contributed by atoms with Gasteiger partial charge in [-0.25, -0.2) is 9.07 Å². The van der Waals surface area contributed by atoms with E-state index in [1.165, 1.54) is 12.1 Å². The van der Waals surface area contributed by atoms with Crippen LogP contribution in [0, 0.1) is 17.7 Å². The number of hydrogen-bond donors (Lipinski definition) is 0. The van der Waals surface area contributed by atoms with Gasteiger partial charge in [-0.3, -0.25) is 4.79 Å². The Morgan fingerprint density at radius 3 is 2.33 bits per heavy atom. The zero-order valence-corrected chi connectivity index (χ0v) is 15.5. The van der Waals surface area contributed by atoms with Gasteiger partial charge in [-0.15, -0.1) is 0 Å². The second kappa shape index (κ2) is 7.02. The zero-order valence-electron chi connectivity index (χ0n) is 15.5. The number of hydrogen-bond acceptors (Lipinski definition) is 2. The average molecular weight is 366 g/mol. The fourth-order valence-electron chi connectivity index (χ4n) is 3.99. The molecule has 2 aromatic heterocycles. The van der Waals surface area contributed by atoms with E-state index in [1.54, 1.807) is 23.0 Å². The highest BCUT2D eigenvalue weighted by molar-refractivity contribution is 5.97. The molecule has 2 atom stereocenters. The van der Waals surface area contributed by atoms with Crippen LogP contribution in [-0.4, -0.2) is 38.2 Å². The lowest BCUT2D eigenvalue weighted by atomic mass is 9.91. The van der Waals surface area contributed by atoms with E-state index in [4.69, 9.17) is 0 Å². The SMILES string of the molecule is CC1CC(C)CN(C(=O)c2cnn(-c3ccc(F)cc3)c2-n2cccc2)C1. The average Bonchev–Trinajstić information content (AvgIpc) is 3.30. The van der Waals surface area contributed by atoms with Crippen LogP contribution >= 0.6 is 0 Å². The van der Waals surface area contributed by atoms with Gasteiger partial charge in [0.1, 0.15) is 11.4 Å². The van der Waals surface area contributed by atoms with Crippen molar-refractivity contribution in [1.82, 2.24) is 19.2 Å². The lowest BCUT2D eigenvalue weighted by Gasteiger charge is -2.35. The Kier molecular flexibility index (Phi) is 4.56. The molecular weight excluding hydrogens is 343 g/mol. The molecule has 1 aliphatic rings. The van der Waals surface area contributed by atoms with Gasteiger partial charge in [0, 0.05) is 25.5 Å². The number of likely N-dealkylation sites (tertiary alicyclic amines) is 1. The Hall–Kier alpha value is -2.89. The summed E-state index contributed by atoms with van der Waals surface area (Å²) in [6, 6.07) is 9.92. The molecule has 3 aromatic rings. The Morgan fingerprint density at radius 2 is 1.70 bits per heavy atom. The molecule has 0 saturated carbocycles. The highest BCUT2D eigenvalue weighted by Gasteiger charge is 2.29.